The molecule has 2 unspecified atom stereocenters. The molecule has 0 saturated carbocycles. The number of rotatable bonds is 7. The number of carbonyl (C=O) groups excluding carboxylic acids is 2. The van der Waals surface area contributed by atoms with E-state index in [1.54, 1.807) is 47.4 Å². The summed E-state index contributed by atoms with van der Waals surface area (Å²) in [6, 6.07) is 9.88. The van der Waals surface area contributed by atoms with Gasteiger partial charge in [0.05, 0.1) is 30.8 Å². The van der Waals surface area contributed by atoms with Crippen molar-refractivity contribution in [3.05, 3.63) is 48.8 Å². The molecule has 2 amide bonds. The summed E-state index contributed by atoms with van der Waals surface area (Å²) in [5.74, 6) is -0.405. The Morgan fingerprint density at radius 2 is 2.16 bits per heavy atom. The van der Waals surface area contributed by atoms with E-state index in [2.05, 4.69) is 20.6 Å². The largest absolute Gasteiger partial charge is 0.478 e. The monoisotopic (exact) mass is 507 g/mol. The highest BCUT2D eigenvalue weighted by Crippen LogP contribution is 2.27. The Kier molecular flexibility index (Phi) is 6.23. The summed E-state index contributed by atoms with van der Waals surface area (Å²) >= 11 is 0. The quantitative estimate of drug-likeness (QED) is 0.333. The lowest BCUT2D eigenvalue weighted by Crippen LogP contribution is -2.61. The molecule has 1 aliphatic rings. The second-order valence-electron chi connectivity index (χ2n) is 8.52. The number of carbonyl (C=O) groups is 2. The number of hydrogen-bond acceptors (Lipinski definition) is 10. The van der Waals surface area contributed by atoms with E-state index in [1.807, 2.05) is 6.92 Å². The number of hydrogen-bond donors (Lipinski definition) is 3. The lowest BCUT2D eigenvalue weighted by molar-refractivity contribution is -0.165. The van der Waals surface area contributed by atoms with Crippen molar-refractivity contribution < 1.29 is 28.7 Å². The standard InChI is InChI=1S/C24H25N7O6/c1-3-35-19-13-15(6-8-26-19)31-9-7-18(28-31)30-10-11-36-20(22(30)32)24(2,34)23(33)27-14-4-5-16-17(12-14)37-29-21(16)25/h4-9,12-13,20,34H,3,10-11H2,1-2H3,(H2,25,29)(H,27,33). The van der Waals surface area contributed by atoms with Crippen LogP contribution in [0.5, 0.6) is 5.88 Å². The van der Waals surface area contributed by atoms with Crippen LogP contribution < -0.4 is 20.7 Å². The molecule has 2 atom stereocenters. The molecule has 37 heavy (non-hydrogen) atoms. The molecule has 0 bridgehead atoms. The molecular formula is C24H25N7O6. The van der Waals surface area contributed by atoms with E-state index in [9.17, 15) is 14.7 Å². The Balaban J connectivity index is 1.33. The Morgan fingerprint density at radius 3 is 2.97 bits per heavy atom. The van der Waals surface area contributed by atoms with Gasteiger partial charge in [-0.25, -0.2) is 9.67 Å². The molecule has 1 aliphatic heterocycles. The van der Waals surface area contributed by atoms with Gasteiger partial charge in [0.15, 0.2) is 28.9 Å². The van der Waals surface area contributed by atoms with Gasteiger partial charge in [0.1, 0.15) is 0 Å². The summed E-state index contributed by atoms with van der Waals surface area (Å²) < 4.78 is 17.7. The third-order valence-electron chi connectivity index (χ3n) is 5.94. The molecule has 1 aromatic carbocycles. The molecule has 4 N–H and O–H groups in total. The summed E-state index contributed by atoms with van der Waals surface area (Å²) in [4.78, 5) is 31.9. The SMILES string of the molecule is CCOc1cc(-n2ccc(N3CCOC(C(C)(O)C(=O)Nc4ccc5c(N)noc5c4)C3=O)n2)ccn1. The van der Waals surface area contributed by atoms with Crippen LogP contribution in [0.1, 0.15) is 13.8 Å². The van der Waals surface area contributed by atoms with Crippen molar-refractivity contribution in [1.29, 1.82) is 0 Å². The van der Waals surface area contributed by atoms with Gasteiger partial charge in [-0.3, -0.25) is 14.5 Å². The molecule has 0 spiro atoms. The van der Waals surface area contributed by atoms with Crippen LogP contribution in [-0.2, 0) is 14.3 Å². The molecule has 5 rings (SSSR count). The molecule has 4 heterocycles. The first kappa shape index (κ1) is 24.2. The average Bonchev–Trinajstić information content (AvgIpc) is 3.52. The zero-order valence-corrected chi connectivity index (χ0v) is 20.1. The van der Waals surface area contributed by atoms with Crippen molar-refractivity contribution in [3.8, 4) is 11.6 Å². The van der Waals surface area contributed by atoms with Gasteiger partial charge in [-0.15, -0.1) is 5.10 Å². The molecule has 0 aliphatic carbocycles. The lowest BCUT2D eigenvalue weighted by atomic mass is 9.95. The summed E-state index contributed by atoms with van der Waals surface area (Å²) in [7, 11) is 0. The van der Waals surface area contributed by atoms with Crippen molar-refractivity contribution in [2.24, 2.45) is 0 Å². The lowest BCUT2D eigenvalue weighted by Gasteiger charge is -2.37. The van der Waals surface area contributed by atoms with Gasteiger partial charge in [0.25, 0.3) is 11.8 Å². The first-order chi connectivity index (χ1) is 17.8. The van der Waals surface area contributed by atoms with Crippen LogP contribution in [0.15, 0.2) is 53.3 Å². The number of ether oxygens (including phenoxy) is 2. The summed E-state index contributed by atoms with van der Waals surface area (Å²) in [6.45, 7) is 3.86. The minimum atomic E-state index is -2.19. The van der Waals surface area contributed by atoms with Crippen molar-refractivity contribution >= 4 is 40.1 Å². The fraction of sp³-hybridized carbons (Fsp3) is 0.292. The molecule has 192 valence electrons. The summed E-state index contributed by atoms with van der Waals surface area (Å²) in [6.07, 6.45) is 1.83. The van der Waals surface area contributed by atoms with Crippen LogP contribution >= 0.6 is 0 Å². The zero-order chi connectivity index (χ0) is 26.2. The highest BCUT2D eigenvalue weighted by atomic mass is 16.5. The number of pyridine rings is 1. The minimum Gasteiger partial charge on any atom is -0.478 e. The van der Waals surface area contributed by atoms with Crippen LogP contribution in [0.3, 0.4) is 0 Å². The third-order valence-corrected chi connectivity index (χ3v) is 5.94. The van der Waals surface area contributed by atoms with Gasteiger partial charge < -0.3 is 30.2 Å². The number of benzene rings is 1. The highest BCUT2D eigenvalue weighted by molar-refractivity contribution is 6.06. The normalized spacial score (nSPS) is 17.5. The summed E-state index contributed by atoms with van der Waals surface area (Å²) in [5.41, 5.74) is 4.92. The molecule has 13 heteroatoms. The number of aromatic nitrogens is 4. The molecule has 3 aromatic heterocycles. The number of nitrogens with two attached hydrogens (primary N) is 1. The van der Waals surface area contributed by atoms with Gasteiger partial charge in [0, 0.05) is 36.3 Å². The number of nitrogens with one attached hydrogen (secondary N) is 1. The fourth-order valence-electron chi connectivity index (χ4n) is 4.00. The van der Waals surface area contributed by atoms with Crippen LogP contribution in [0.2, 0.25) is 0 Å². The van der Waals surface area contributed by atoms with Crippen LogP contribution in [0.4, 0.5) is 17.3 Å². The molecule has 0 radical (unpaired) electrons. The molecule has 4 aromatic rings. The van der Waals surface area contributed by atoms with Gasteiger partial charge >= 0.3 is 0 Å². The average molecular weight is 508 g/mol. The first-order valence-electron chi connectivity index (χ1n) is 11.5. The van der Waals surface area contributed by atoms with Gasteiger partial charge in [-0.2, -0.15) is 0 Å². The second-order valence-corrected chi connectivity index (χ2v) is 8.52. The van der Waals surface area contributed by atoms with E-state index < -0.39 is 23.5 Å². The van der Waals surface area contributed by atoms with Crippen molar-refractivity contribution in [2.75, 3.05) is 35.7 Å². The Bertz CT molecular complexity index is 1460. The van der Waals surface area contributed by atoms with E-state index in [0.717, 1.165) is 0 Å². The number of nitrogen functional groups attached to an aromatic ring is 1. The topological polar surface area (TPSA) is 171 Å². The maximum Gasteiger partial charge on any atom is 0.260 e. The highest BCUT2D eigenvalue weighted by Gasteiger charge is 2.49. The Morgan fingerprint density at radius 1 is 1.32 bits per heavy atom. The molecule has 1 fully saturated rings. The molecule has 13 nitrogen and oxygen atoms in total. The summed E-state index contributed by atoms with van der Waals surface area (Å²) in [5, 5.41) is 22.4. The second kappa shape index (κ2) is 9.52. The van der Waals surface area contributed by atoms with E-state index in [0.29, 0.717) is 40.6 Å². The number of anilines is 3. The maximum atomic E-state index is 13.3. The van der Waals surface area contributed by atoms with Gasteiger partial charge in [-0.1, -0.05) is 5.16 Å². The van der Waals surface area contributed by atoms with Crippen molar-refractivity contribution in [3.63, 3.8) is 0 Å². The minimum absolute atomic E-state index is 0.0970. The zero-order valence-electron chi connectivity index (χ0n) is 20.1. The van der Waals surface area contributed by atoms with E-state index in [-0.39, 0.29) is 19.0 Å². The van der Waals surface area contributed by atoms with E-state index >= 15 is 0 Å². The number of aliphatic hydroxyl groups is 1. The number of amides is 2. The number of morpholine rings is 1. The van der Waals surface area contributed by atoms with Crippen LogP contribution in [-0.4, -0.2) is 68.3 Å². The van der Waals surface area contributed by atoms with E-state index in [4.69, 9.17) is 19.7 Å². The Labute approximate surface area is 210 Å². The van der Waals surface area contributed by atoms with Gasteiger partial charge in [0.2, 0.25) is 5.88 Å². The van der Waals surface area contributed by atoms with Crippen LogP contribution in [0, 0.1) is 0 Å². The smallest absolute Gasteiger partial charge is 0.260 e. The number of nitrogens with zero attached hydrogens (tertiary/aromatic N) is 5. The van der Waals surface area contributed by atoms with Crippen molar-refractivity contribution in [1.82, 2.24) is 19.9 Å². The predicted octanol–water partition coefficient (Wildman–Crippen LogP) is 1.51. The fourth-order valence-corrected chi connectivity index (χ4v) is 4.00. The van der Waals surface area contributed by atoms with Gasteiger partial charge in [-0.05, 0) is 32.0 Å². The predicted molar refractivity (Wildman–Crippen MR) is 132 cm³/mol. The van der Waals surface area contributed by atoms with E-state index in [1.165, 1.54) is 17.9 Å². The molecule has 1 saturated heterocycles. The Hall–Kier alpha value is -4.49. The number of fused-ring (bicyclic) bond motifs is 1. The maximum absolute atomic E-state index is 13.3. The van der Waals surface area contributed by atoms with Crippen molar-refractivity contribution in [2.45, 2.75) is 25.6 Å². The third kappa shape index (κ3) is 4.57. The molecular weight excluding hydrogens is 482 g/mol. The first-order valence-corrected chi connectivity index (χ1v) is 11.5. The van der Waals surface area contributed by atoms with Crippen LogP contribution in [0.25, 0.3) is 16.7 Å².